The molecule has 0 aromatic carbocycles. The summed E-state index contributed by atoms with van der Waals surface area (Å²) in [7, 11) is 0. The van der Waals surface area contributed by atoms with Crippen molar-refractivity contribution in [3.8, 4) is 0 Å². The van der Waals surface area contributed by atoms with Crippen LogP contribution in [0.4, 0.5) is 5.82 Å². The minimum atomic E-state index is -1.21. The highest BCUT2D eigenvalue weighted by Crippen LogP contribution is 2.41. The molecule has 5 atom stereocenters. The van der Waals surface area contributed by atoms with Crippen LogP contribution in [0, 0.1) is 0 Å². The minimum Gasteiger partial charge on any atom is -0.463 e. The third-order valence-corrected chi connectivity index (χ3v) is 5.98. The zero-order valence-electron chi connectivity index (χ0n) is 13.6. The summed E-state index contributed by atoms with van der Waals surface area (Å²) < 4.78 is 6.34. The highest BCUT2D eigenvalue weighted by Gasteiger charge is 2.44. The van der Waals surface area contributed by atoms with Crippen LogP contribution in [0.5, 0.6) is 0 Å². The molecule has 6 N–H and O–H groups in total. The fourth-order valence-corrected chi connectivity index (χ4v) is 4.28. The Morgan fingerprint density at radius 1 is 1.52 bits per heavy atom. The number of aromatic nitrogens is 2. The Labute approximate surface area is 153 Å². The molecule has 1 aromatic heterocycles. The molecular formula is C14H22N4O5S2. The van der Waals surface area contributed by atoms with Gasteiger partial charge in [-0.3, -0.25) is 9.36 Å². The molecule has 2 unspecified atom stereocenters. The van der Waals surface area contributed by atoms with Gasteiger partial charge in [0, 0.05) is 6.20 Å². The summed E-state index contributed by atoms with van der Waals surface area (Å²) in [6.07, 6.45) is 1.46. The number of ether oxygens (including phenoxy) is 1. The van der Waals surface area contributed by atoms with Gasteiger partial charge in [-0.1, -0.05) is 0 Å². The molecule has 0 saturated carbocycles. The van der Waals surface area contributed by atoms with Crippen LogP contribution in [-0.4, -0.2) is 67.8 Å². The number of rotatable bonds is 7. The van der Waals surface area contributed by atoms with Crippen molar-refractivity contribution in [2.75, 3.05) is 24.3 Å². The average molecular weight is 390 g/mol. The lowest BCUT2D eigenvalue weighted by molar-refractivity contribution is -0.146. The Morgan fingerprint density at radius 3 is 2.88 bits per heavy atom. The van der Waals surface area contributed by atoms with Gasteiger partial charge >= 0.3 is 11.7 Å². The maximum Gasteiger partial charge on any atom is 0.350 e. The summed E-state index contributed by atoms with van der Waals surface area (Å²) in [5, 5.41) is 19.1. The number of carbonyl (C=O) groups excluding carboxylic acids is 1. The zero-order valence-corrected chi connectivity index (χ0v) is 15.3. The summed E-state index contributed by atoms with van der Waals surface area (Å²) in [5.41, 5.74) is 10.6. The molecule has 1 aromatic rings. The lowest BCUT2D eigenvalue weighted by atomic mass is 10.1. The minimum absolute atomic E-state index is 0.0731. The van der Waals surface area contributed by atoms with Crippen molar-refractivity contribution >= 4 is 35.3 Å². The molecule has 1 aliphatic rings. The van der Waals surface area contributed by atoms with E-state index in [0.29, 0.717) is 6.42 Å². The van der Waals surface area contributed by atoms with E-state index in [4.69, 9.17) is 16.2 Å². The van der Waals surface area contributed by atoms with Crippen molar-refractivity contribution < 1.29 is 19.7 Å². The van der Waals surface area contributed by atoms with Crippen LogP contribution in [-0.2, 0) is 9.53 Å². The van der Waals surface area contributed by atoms with E-state index in [1.54, 1.807) is 11.8 Å². The Morgan fingerprint density at radius 2 is 2.24 bits per heavy atom. The number of carbonyl (C=O) groups is 1. The molecule has 9 nitrogen and oxygen atoms in total. The number of nitrogens with zero attached hydrogens (tertiary/aromatic N) is 2. The van der Waals surface area contributed by atoms with Gasteiger partial charge in [0.15, 0.2) is 0 Å². The van der Waals surface area contributed by atoms with E-state index >= 15 is 0 Å². The monoisotopic (exact) mass is 390 g/mol. The Bertz CT molecular complexity index is 658. The normalized spacial score (nSPS) is 27.2. The van der Waals surface area contributed by atoms with Crippen molar-refractivity contribution in [1.29, 1.82) is 0 Å². The SMILES string of the molecule is CSCC[C@H](N)C(=O)OC[C@H]1S[C@@H](n2ccc(N)nc2=O)C(O)C1O. The van der Waals surface area contributed by atoms with Crippen molar-refractivity contribution in [3.05, 3.63) is 22.7 Å². The molecule has 140 valence electrons. The lowest BCUT2D eigenvalue weighted by Crippen LogP contribution is -2.38. The summed E-state index contributed by atoms with van der Waals surface area (Å²) in [6.45, 7) is -0.109. The Kier molecular flexibility index (Phi) is 7.14. The van der Waals surface area contributed by atoms with E-state index < -0.39 is 40.5 Å². The number of nitrogen functional groups attached to an aromatic ring is 1. The van der Waals surface area contributed by atoms with E-state index in [-0.39, 0.29) is 12.4 Å². The van der Waals surface area contributed by atoms with Gasteiger partial charge in [-0.15, -0.1) is 11.8 Å². The highest BCUT2D eigenvalue weighted by molar-refractivity contribution is 8.00. The lowest BCUT2D eigenvalue weighted by Gasteiger charge is -2.17. The molecule has 1 saturated heterocycles. The first-order valence-corrected chi connectivity index (χ1v) is 9.96. The number of nitrogens with two attached hydrogens (primary N) is 2. The van der Waals surface area contributed by atoms with Crippen LogP contribution in [0.25, 0.3) is 0 Å². The van der Waals surface area contributed by atoms with E-state index in [0.717, 1.165) is 17.5 Å². The molecule has 1 aliphatic heterocycles. The fourth-order valence-electron chi connectivity index (χ4n) is 2.35. The van der Waals surface area contributed by atoms with Gasteiger partial charge in [-0.25, -0.2) is 4.79 Å². The Hall–Kier alpha value is -1.27. The molecule has 0 bridgehead atoms. The molecule has 2 heterocycles. The first-order chi connectivity index (χ1) is 11.8. The van der Waals surface area contributed by atoms with E-state index in [1.165, 1.54) is 16.8 Å². The van der Waals surface area contributed by atoms with Crippen molar-refractivity contribution in [2.45, 2.75) is 35.3 Å². The van der Waals surface area contributed by atoms with Gasteiger partial charge in [-0.05, 0) is 24.5 Å². The summed E-state index contributed by atoms with van der Waals surface area (Å²) in [4.78, 5) is 27.4. The predicted molar refractivity (Wildman–Crippen MR) is 97.3 cm³/mol. The van der Waals surface area contributed by atoms with Crippen LogP contribution in [0.1, 0.15) is 11.8 Å². The van der Waals surface area contributed by atoms with E-state index in [2.05, 4.69) is 4.98 Å². The standard InChI is InChI=1S/C14H22N4O5S2/c1-24-5-3-7(15)13(21)23-6-8-10(19)11(20)12(25-8)18-4-2-9(16)17-14(18)22/h2,4,7-8,10-12,19-20H,3,5-6,15H2,1H3,(H2,16,17,22)/t7-,8+,10?,11?,12+/m0/s1. The number of hydrogen-bond donors (Lipinski definition) is 4. The van der Waals surface area contributed by atoms with Gasteiger partial charge in [0.05, 0.1) is 11.4 Å². The summed E-state index contributed by atoms with van der Waals surface area (Å²) in [6, 6.07) is 0.708. The van der Waals surface area contributed by atoms with Crippen LogP contribution in [0.3, 0.4) is 0 Å². The molecular weight excluding hydrogens is 368 g/mol. The number of anilines is 1. The van der Waals surface area contributed by atoms with Gasteiger partial charge in [0.1, 0.15) is 29.9 Å². The first-order valence-electron chi connectivity index (χ1n) is 7.62. The molecule has 0 radical (unpaired) electrons. The van der Waals surface area contributed by atoms with Crippen LogP contribution in [0.2, 0.25) is 0 Å². The molecule has 0 amide bonds. The third kappa shape index (κ3) is 4.88. The zero-order chi connectivity index (χ0) is 18.6. The molecule has 0 spiro atoms. The molecule has 2 rings (SSSR count). The maximum atomic E-state index is 11.9. The second-order valence-electron chi connectivity index (χ2n) is 5.61. The van der Waals surface area contributed by atoms with Gasteiger partial charge in [-0.2, -0.15) is 16.7 Å². The first kappa shape index (κ1) is 20.0. The summed E-state index contributed by atoms with van der Waals surface area (Å²) >= 11 is 2.71. The third-order valence-electron chi connectivity index (χ3n) is 3.79. The topological polar surface area (TPSA) is 154 Å². The predicted octanol–water partition coefficient (Wildman–Crippen LogP) is -1.22. The summed E-state index contributed by atoms with van der Waals surface area (Å²) in [5.74, 6) is 0.264. The van der Waals surface area contributed by atoms with Crippen molar-refractivity contribution in [1.82, 2.24) is 9.55 Å². The molecule has 11 heteroatoms. The fraction of sp³-hybridized carbons (Fsp3) is 0.643. The number of aliphatic hydroxyl groups excluding tert-OH is 2. The number of hydrogen-bond acceptors (Lipinski definition) is 10. The van der Waals surface area contributed by atoms with Crippen LogP contribution < -0.4 is 17.2 Å². The Balaban J connectivity index is 1.97. The second kappa shape index (κ2) is 8.90. The van der Waals surface area contributed by atoms with Gasteiger partial charge < -0.3 is 26.4 Å². The van der Waals surface area contributed by atoms with Gasteiger partial charge in [0.2, 0.25) is 0 Å². The van der Waals surface area contributed by atoms with E-state index in [1.807, 2.05) is 6.26 Å². The van der Waals surface area contributed by atoms with E-state index in [9.17, 15) is 19.8 Å². The average Bonchev–Trinajstić information content (AvgIpc) is 2.85. The van der Waals surface area contributed by atoms with Crippen LogP contribution in [0.15, 0.2) is 17.1 Å². The molecule has 0 aliphatic carbocycles. The molecule has 25 heavy (non-hydrogen) atoms. The number of aliphatic hydroxyl groups is 2. The van der Waals surface area contributed by atoms with Crippen LogP contribution >= 0.6 is 23.5 Å². The van der Waals surface area contributed by atoms with Gasteiger partial charge in [0.25, 0.3) is 0 Å². The van der Waals surface area contributed by atoms with Crippen molar-refractivity contribution in [2.24, 2.45) is 5.73 Å². The van der Waals surface area contributed by atoms with Crippen molar-refractivity contribution in [3.63, 3.8) is 0 Å². The maximum absolute atomic E-state index is 11.9. The number of thioether (sulfide) groups is 2. The quantitative estimate of drug-likeness (QED) is 0.417. The highest BCUT2D eigenvalue weighted by atomic mass is 32.2. The molecule has 1 fully saturated rings. The second-order valence-corrected chi connectivity index (χ2v) is 7.95. The number of esters is 1. The largest absolute Gasteiger partial charge is 0.463 e. The smallest absolute Gasteiger partial charge is 0.350 e.